The van der Waals surface area contributed by atoms with Crippen LogP contribution in [0.1, 0.15) is 30.1 Å². The van der Waals surface area contributed by atoms with E-state index in [0.29, 0.717) is 18.1 Å². The van der Waals surface area contributed by atoms with Gasteiger partial charge in [0, 0.05) is 45.1 Å². The molecule has 7 heteroatoms. The molecule has 22 heavy (non-hydrogen) atoms. The van der Waals surface area contributed by atoms with Crippen LogP contribution in [0.3, 0.4) is 0 Å². The first kappa shape index (κ1) is 16.6. The van der Waals surface area contributed by atoms with Gasteiger partial charge in [-0.25, -0.2) is 9.97 Å². The molecule has 1 saturated heterocycles. The predicted octanol–water partition coefficient (Wildman–Crippen LogP) is 0.751. The molecule has 1 aliphatic rings. The van der Waals surface area contributed by atoms with Gasteiger partial charge in [-0.05, 0) is 6.42 Å². The van der Waals surface area contributed by atoms with Crippen LogP contribution in [0.2, 0.25) is 0 Å². The molecule has 1 aliphatic heterocycles. The number of morpholine rings is 1. The maximum Gasteiger partial charge on any atom is 0.254 e. The van der Waals surface area contributed by atoms with E-state index in [1.807, 2.05) is 0 Å². The third-order valence-electron chi connectivity index (χ3n) is 3.54. The Morgan fingerprint density at radius 3 is 2.68 bits per heavy atom. The van der Waals surface area contributed by atoms with Crippen LogP contribution in [0.4, 0.5) is 5.95 Å². The van der Waals surface area contributed by atoms with Gasteiger partial charge >= 0.3 is 0 Å². The van der Waals surface area contributed by atoms with Crippen molar-refractivity contribution in [2.24, 2.45) is 0 Å². The lowest BCUT2D eigenvalue weighted by Crippen LogP contribution is -2.39. The van der Waals surface area contributed by atoms with E-state index in [9.17, 15) is 4.79 Å². The van der Waals surface area contributed by atoms with Gasteiger partial charge < -0.3 is 15.4 Å². The summed E-state index contributed by atoms with van der Waals surface area (Å²) >= 11 is 0. The summed E-state index contributed by atoms with van der Waals surface area (Å²) in [4.78, 5) is 22.5. The highest BCUT2D eigenvalue weighted by Gasteiger charge is 2.10. The van der Waals surface area contributed by atoms with Crippen molar-refractivity contribution in [2.75, 3.05) is 51.3 Å². The average molecular weight is 307 g/mol. The predicted molar refractivity (Wildman–Crippen MR) is 85.0 cm³/mol. The number of nitrogens with one attached hydrogen (secondary N) is 2. The lowest BCUT2D eigenvalue weighted by atomic mass is 10.3. The molecule has 0 spiro atoms. The zero-order chi connectivity index (χ0) is 15.6. The van der Waals surface area contributed by atoms with Gasteiger partial charge in [-0.15, -0.1) is 0 Å². The van der Waals surface area contributed by atoms with Crippen molar-refractivity contribution >= 4 is 11.9 Å². The van der Waals surface area contributed by atoms with Gasteiger partial charge in [0.05, 0.1) is 18.8 Å². The fourth-order valence-electron chi connectivity index (χ4n) is 2.17. The molecule has 0 aliphatic carbocycles. The summed E-state index contributed by atoms with van der Waals surface area (Å²) in [6.07, 6.45) is 5.16. The van der Waals surface area contributed by atoms with Gasteiger partial charge in [0.15, 0.2) is 0 Å². The second-order valence-corrected chi connectivity index (χ2v) is 5.29. The average Bonchev–Trinajstić information content (AvgIpc) is 2.56. The van der Waals surface area contributed by atoms with Crippen molar-refractivity contribution in [1.82, 2.24) is 20.2 Å². The van der Waals surface area contributed by atoms with Gasteiger partial charge in [0.2, 0.25) is 5.95 Å². The van der Waals surface area contributed by atoms with E-state index in [-0.39, 0.29) is 5.91 Å². The number of nitrogens with zero attached hydrogens (tertiary/aromatic N) is 3. The van der Waals surface area contributed by atoms with E-state index in [0.717, 1.165) is 52.2 Å². The molecule has 0 aromatic carbocycles. The Balaban J connectivity index is 1.70. The quantitative estimate of drug-likeness (QED) is 0.690. The van der Waals surface area contributed by atoms with E-state index in [1.54, 1.807) is 12.4 Å². The number of unbranched alkanes of at least 4 members (excludes halogenated alkanes) is 1. The fourth-order valence-corrected chi connectivity index (χ4v) is 2.17. The second-order valence-electron chi connectivity index (χ2n) is 5.29. The number of carbonyl (C=O) groups is 1. The van der Waals surface area contributed by atoms with Gasteiger partial charge in [0.25, 0.3) is 5.91 Å². The molecule has 0 saturated carbocycles. The Bertz CT molecular complexity index is 446. The minimum Gasteiger partial charge on any atom is -0.379 e. The molecule has 0 atom stereocenters. The first-order valence-electron chi connectivity index (χ1n) is 7.94. The van der Waals surface area contributed by atoms with Crippen molar-refractivity contribution in [3.8, 4) is 0 Å². The molecule has 1 fully saturated rings. The van der Waals surface area contributed by atoms with Gasteiger partial charge in [-0.1, -0.05) is 13.3 Å². The highest BCUT2D eigenvalue weighted by Crippen LogP contribution is 2.01. The number of hydrogen-bond donors (Lipinski definition) is 2. The molecule has 0 unspecified atom stereocenters. The number of carbonyl (C=O) groups excluding carboxylic acids is 1. The molecule has 2 heterocycles. The molecule has 2 N–H and O–H groups in total. The number of aromatic nitrogens is 2. The molecule has 1 aromatic heterocycles. The van der Waals surface area contributed by atoms with Crippen molar-refractivity contribution < 1.29 is 9.53 Å². The van der Waals surface area contributed by atoms with E-state index in [4.69, 9.17) is 4.74 Å². The molecule has 122 valence electrons. The first-order valence-corrected chi connectivity index (χ1v) is 7.94. The number of anilines is 1. The molecule has 1 aromatic rings. The Morgan fingerprint density at radius 2 is 2.00 bits per heavy atom. The maximum absolute atomic E-state index is 11.8. The topological polar surface area (TPSA) is 79.4 Å². The molecule has 2 rings (SSSR count). The molecule has 0 radical (unpaired) electrons. The molecule has 7 nitrogen and oxygen atoms in total. The Kier molecular flexibility index (Phi) is 7.05. The third kappa shape index (κ3) is 5.57. The smallest absolute Gasteiger partial charge is 0.254 e. The van der Waals surface area contributed by atoms with Gasteiger partial charge in [-0.3, -0.25) is 9.69 Å². The van der Waals surface area contributed by atoms with Crippen molar-refractivity contribution in [2.45, 2.75) is 19.8 Å². The summed E-state index contributed by atoms with van der Waals surface area (Å²) in [5.41, 5.74) is 0.495. The zero-order valence-corrected chi connectivity index (χ0v) is 13.2. The van der Waals surface area contributed by atoms with E-state index in [1.165, 1.54) is 0 Å². The normalized spacial score (nSPS) is 15.5. The molecular weight excluding hydrogens is 282 g/mol. The highest BCUT2D eigenvalue weighted by molar-refractivity contribution is 5.93. The van der Waals surface area contributed by atoms with Crippen molar-refractivity contribution in [3.63, 3.8) is 0 Å². The minimum absolute atomic E-state index is 0.117. The minimum atomic E-state index is -0.117. The van der Waals surface area contributed by atoms with Crippen molar-refractivity contribution in [3.05, 3.63) is 18.0 Å². The molecule has 0 bridgehead atoms. The summed E-state index contributed by atoms with van der Waals surface area (Å²) in [5, 5.41) is 6.02. The van der Waals surface area contributed by atoms with Crippen molar-refractivity contribution in [1.29, 1.82) is 0 Å². The van der Waals surface area contributed by atoms with Crippen LogP contribution in [0.5, 0.6) is 0 Å². The maximum atomic E-state index is 11.8. The summed E-state index contributed by atoms with van der Waals surface area (Å²) in [6.45, 7) is 8.05. The second kappa shape index (κ2) is 9.32. The molecule has 1 amide bonds. The van der Waals surface area contributed by atoms with Crippen LogP contribution >= 0.6 is 0 Å². The standard InChI is InChI=1S/C15H25N5O2/c1-2-3-4-16-14(21)13-11-18-15(19-12-13)17-5-6-20-7-9-22-10-8-20/h11-12H,2-10H2,1H3,(H,16,21)(H,17,18,19). The number of ether oxygens (including phenoxy) is 1. The number of hydrogen-bond acceptors (Lipinski definition) is 6. The lowest BCUT2D eigenvalue weighted by Gasteiger charge is -2.26. The number of rotatable bonds is 8. The van der Waals surface area contributed by atoms with E-state index >= 15 is 0 Å². The SMILES string of the molecule is CCCCNC(=O)c1cnc(NCCN2CCOCC2)nc1. The monoisotopic (exact) mass is 307 g/mol. The van der Waals surface area contributed by atoms with E-state index < -0.39 is 0 Å². The van der Waals surface area contributed by atoms with Gasteiger partial charge in [-0.2, -0.15) is 0 Å². The summed E-state index contributed by atoms with van der Waals surface area (Å²) < 4.78 is 5.31. The lowest BCUT2D eigenvalue weighted by molar-refractivity contribution is 0.0398. The van der Waals surface area contributed by atoms with Crippen LogP contribution in [0.15, 0.2) is 12.4 Å². The molecular formula is C15H25N5O2. The van der Waals surface area contributed by atoms with Crippen LogP contribution < -0.4 is 10.6 Å². The fraction of sp³-hybridized carbons (Fsp3) is 0.667. The number of amides is 1. The summed E-state index contributed by atoms with van der Waals surface area (Å²) in [6, 6.07) is 0. The Labute approximate surface area is 131 Å². The Morgan fingerprint density at radius 1 is 1.27 bits per heavy atom. The zero-order valence-electron chi connectivity index (χ0n) is 13.2. The summed E-state index contributed by atoms with van der Waals surface area (Å²) in [7, 11) is 0. The Hall–Kier alpha value is -1.73. The summed E-state index contributed by atoms with van der Waals surface area (Å²) in [5.74, 6) is 0.437. The first-order chi connectivity index (χ1) is 10.8. The highest BCUT2D eigenvalue weighted by atomic mass is 16.5. The largest absolute Gasteiger partial charge is 0.379 e. The van der Waals surface area contributed by atoms with E-state index in [2.05, 4.69) is 32.4 Å². The van der Waals surface area contributed by atoms with Crippen LogP contribution in [0.25, 0.3) is 0 Å². The third-order valence-corrected chi connectivity index (χ3v) is 3.54. The van der Waals surface area contributed by atoms with Gasteiger partial charge in [0.1, 0.15) is 0 Å². The van der Waals surface area contributed by atoms with Crippen LogP contribution in [0, 0.1) is 0 Å². The van der Waals surface area contributed by atoms with Crippen LogP contribution in [-0.2, 0) is 4.74 Å². The van der Waals surface area contributed by atoms with Crippen LogP contribution in [-0.4, -0.2) is 66.7 Å².